The summed E-state index contributed by atoms with van der Waals surface area (Å²) in [4.78, 5) is 37.9. The van der Waals surface area contributed by atoms with Crippen molar-refractivity contribution >= 4 is 40.9 Å². The molecule has 1 aliphatic heterocycles. The first-order valence-corrected chi connectivity index (χ1v) is 10.0. The van der Waals surface area contributed by atoms with E-state index in [0.717, 1.165) is 10.6 Å². The van der Waals surface area contributed by atoms with Crippen molar-refractivity contribution in [2.75, 3.05) is 31.0 Å². The van der Waals surface area contributed by atoms with Crippen LogP contribution in [0.2, 0.25) is 0 Å². The standard InChI is InChI=1S/C21H22N2O5S/c1-13(18-20(25)23-16-5-3-4-6-17(16)29-18)19(24)22-15-9-7-14(8-10-15)21(26)28-12-11-27-2/h3-10,13,18H,11-12H2,1-2H3,(H,22,24)(H,23,25). The van der Waals surface area contributed by atoms with E-state index >= 15 is 0 Å². The van der Waals surface area contributed by atoms with Gasteiger partial charge in [-0.15, -0.1) is 11.8 Å². The topological polar surface area (TPSA) is 93.7 Å². The van der Waals surface area contributed by atoms with Gasteiger partial charge in [-0.2, -0.15) is 0 Å². The Balaban J connectivity index is 1.60. The quantitative estimate of drug-likeness (QED) is 0.534. The van der Waals surface area contributed by atoms with Crippen molar-refractivity contribution in [3.63, 3.8) is 0 Å². The Morgan fingerprint density at radius 3 is 2.59 bits per heavy atom. The fraction of sp³-hybridized carbons (Fsp3) is 0.286. The molecule has 0 fully saturated rings. The molecule has 3 rings (SSSR count). The molecule has 2 aromatic rings. The monoisotopic (exact) mass is 414 g/mol. The zero-order valence-electron chi connectivity index (χ0n) is 16.1. The molecule has 2 atom stereocenters. The molecule has 2 amide bonds. The van der Waals surface area contributed by atoms with E-state index in [1.54, 1.807) is 31.2 Å². The average molecular weight is 414 g/mol. The number of methoxy groups -OCH3 is 1. The minimum atomic E-state index is -0.549. The average Bonchev–Trinajstić information content (AvgIpc) is 2.73. The number of carbonyl (C=O) groups excluding carboxylic acids is 3. The van der Waals surface area contributed by atoms with Gasteiger partial charge in [0.1, 0.15) is 6.61 Å². The molecule has 0 saturated carbocycles. The number of hydrogen-bond donors (Lipinski definition) is 2. The molecular formula is C21H22N2O5S. The van der Waals surface area contributed by atoms with Crippen molar-refractivity contribution in [3.8, 4) is 0 Å². The van der Waals surface area contributed by atoms with Gasteiger partial charge >= 0.3 is 5.97 Å². The molecule has 0 bridgehead atoms. The second kappa shape index (κ2) is 9.58. The zero-order chi connectivity index (χ0) is 20.8. The number of hydrogen-bond acceptors (Lipinski definition) is 6. The largest absolute Gasteiger partial charge is 0.460 e. The molecule has 2 aromatic carbocycles. The van der Waals surface area contributed by atoms with Crippen LogP contribution in [-0.4, -0.2) is 43.4 Å². The maximum Gasteiger partial charge on any atom is 0.338 e. The van der Waals surface area contributed by atoms with Crippen LogP contribution in [0.25, 0.3) is 0 Å². The van der Waals surface area contributed by atoms with E-state index in [2.05, 4.69) is 10.6 Å². The van der Waals surface area contributed by atoms with Crippen molar-refractivity contribution in [3.05, 3.63) is 54.1 Å². The normalized spacial score (nSPS) is 16.3. The lowest BCUT2D eigenvalue weighted by Crippen LogP contribution is -2.39. The third-order valence-electron chi connectivity index (χ3n) is 4.43. The molecule has 0 aliphatic carbocycles. The highest BCUT2D eigenvalue weighted by molar-refractivity contribution is 8.01. The summed E-state index contributed by atoms with van der Waals surface area (Å²) in [5.41, 5.74) is 1.68. The van der Waals surface area contributed by atoms with Crippen LogP contribution in [0.15, 0.2) is 53.4 Å². The molecule has 29 heavy (non-hydrogen) atoms. The Morgan fingerprint density at radius 1 is 1.14 bits per heavy atom. The van der Waals surface area contributed by atoms with Gasteiger partial charge in [0.15, 0.2) is 0 Å². The molecule has 1 aliphatic rings. The molecule has 7 nitrogen and oxygen atoms in total. The van der Waals surface area contributed by atoms with Crippen molar-refractivity contribution < 1.29 is 23.9 Å². The Kier molecular flexibility index (Phi) is 6.90. The number of ether oxygens (including phenoxy) is 2. The predicted octanol–water partition coefficient (Wildman–Crippen LogP) is 3.18. The summed E-state index contributed by atoms with van der Waals surface area (Å²) in [5, 5.41) is 5.12. The summed E-state index contributed by atoms with van der Waals surface area (Å²) in [7, 11) is 1.53. The second-order valence-corrected chi connectivity index (χ2v) is 7.69. The lowest BCUT2D eigenvalue weighted by atomic mass is 10.1. The SMILES string of the molecule is COCCOC(=O)c1ccc(NC(=O)C(C)C2Sc3ccccc3NC2=O)cc1. The third kappa shape index (κ3) is 5.16. The van der Waals surface area contributed by atoms with Crippen molar-refractivity contribution in [2.45, 2.75) is 17.1 Å². The molecule has 2 unspecified atom stereocenters. The van der Waals surface area contributed by atoms with Gasteiger partial charge in [-0.3, -0.25) is 9.59 Å². The maximum absolute atomic E-state index is 12.7. The van der Waals surface area contributed by atoms with Crippen molar-refractivity contribution in [2.24, 2.45) is 5.92 Å². The number of rotatable bonds is 7. The molecule has 152 valence electrons. The fourth-order valence-corrected chi connectivity index (χ4v) is 3.95. The predicted molar refractivity (Wildman–Crippen MR) is 111 cm³/mol. The van der Waals surface area contributed by atoms with Gasteiger partial charge in [-0.25, -0.2) is 4.79 Å². The molecular weight excluding hydrogens is 392 g/mol. The van der Waals surface area contributed by atoms with E-state index in [9.17, 15) is 14.4 Å². The van der Waals surface area contributed by atoms with E-state index < -0.39 is 17.1 Å². The fourth-order valence-electron chi connectivity index (χ4n) is 2.78. The highest BCUT2D eigenvalue weighted by Gasteiger charge is 2.35. The van der Waals surface area contributed by atoms with Gasteiger partial charge in [0.2, 0.25) is 11.8 Å². The number of para-hydroxylation sites is 1. The summed E-state index contributed by atoms with van der Waals surface area (Å²) < 4.78 is 9.88. The number of carbonyl (C=O) groups is 3. The van der Waals surface area contributed by atoms with Gasteiger partial charge in [0, 0.05) is 17.7 Å². The van der Waals surface area contributed by atoms with E-state index in [1.807, 2.05) is 24.3 Å². The smallest absolute Gasteiger partial charge is 0.338 e. The number of benzene rings is 2. The van der Waals surface area contributed by atoms with Crippen LogP contribution in [0.5, 0.6) is 0 Å². The van der Waals surface area contributed by atoms with Crippen LogP contribution in [0.4, 0.5) is 11.4 Å². The maximum atomic E-state index is 12.7. The number of thioether (sulfide) groups is 1. The van der Waals surface area contributed by atoms with Gasteiger partial charge in [-0.05, 0) is 36.4 Å². The summed E-state index contributed by atoms with van der Waals surface area (Å²) in [6, 6.07) is 13.9. The summed E-state index contributed by atoms with van der Waals surface area (Å²) in [6.45, 7) is 2.23. The van der Waals surface area contributed by atoms with Crippen molar-refractivity contribution in [1.82, 2.24) is 0 Å². The van der Waals surface area contributed by atoms with Gasteiger partial charge in [-0.1, -0.05) is 19.1 Å². The minimum absolute atomic E-state index is 0.176. The molecule has 8 heteroatoms. The number of fused-ring (bicyclic) bond motifs is 1. The highest BCUT2D eigenvalue weighted by atomic mass is 32.2. The molecule has 0 spiro atoms. The molecule has 1 heterocycles. The van der Waals surface area contributed by atoms with E-state index in [4.69, 9.17) is 9.47 Å². The Bertz CT molecular complexity index is 900. The van der Waals surface area contributed by atoms with Gasteiger partial charge in [0.05, 0.1) is 29.0 Å². The zero-order valence-corrected chi connectivity index (χ0v) is 17.0. The van der Waals surface area contributed by atoms with E-state index in [1.165, 1.54) is 18.9 Å². The molecule has 0 aromatic heterocycles. The first-order valence-electron chi connectivity index (χ1n) is 9.13. The number of nitrogens with one attached hydrogen (secondary N) is 2. The summed E-state index contributed by atoms with van der Waals surface area (Å²) >= 11 is 1.38. The Hall–Kier alpha value is -2.84. The molecule has 0 radical (unpaired) electrons. The van der Waals surface area contributed by atoms with Crippen LogP contribution in [0, 0.1) is 5.92 Å². The number of amides is 2. The second-order valence-electron chi connectivity index (χ2n) is 6.51. The lowest BCUT2D eigenvalue weighted by molar-refractivity contribution is -0.123. The molecule has 0 saturated heterocycles. The minimum Gasteiger partial charge on any atom is -0.460 e. The van der Waals surface area contributed by atoms with Crippen LogP contribution < -0.4 is 10.6 Å². The van der Waals surface area contributed by atoms with Crippen LogP contribution in [0.3, 0.4) is 0 Å². The third-order valence-corrected chi connectivity index (χ3v) is 5.92. The van der Waals surface area contributed by atoms with E-state index in [-0.39, 0.29) is 18.4 Å². The summed E-state index contributed by atoms with van der Waals surface area (Å²) in [6.07, 6.45) is 0. The lowest BCUT2D eigenvalue weighted by Gasteiger charge is -2.27. The van der Waals surface area contributed by atoms with Crippen molar-refractivity contribution in [1.29, 1.82) is 0 Å². The Labute approximate surface area is 173 Å². The summed E-state index contributed by atoms with van der Waals surface area (Å²) in [5.74, 6) is -1.47. The van der Waals surface area contributed by atoms with Crippen LogP contribution in [0.1, 0.15) is 17.3 Å². The Morgan fingerprint density at radius 2 is 1.86 bits per heavy atom. The highest BCUT2D eigenvalue weighted by Crippen LogP contribution is 2.38. The van der Waals surface area contributed by atoms with Gasteiger partial charge < -0.3 is 20.1 Å². The number of anilines is 2. The van der Waals surface area contributed by atoms with E-state index in [0.29, 0.717) is 17.9 Å². The van der Waals surface area contributed by atoms with Crippen LogP contribution >= 0.6 is 11.8 Å². The first-order chi connectivity index (χ1) is 14.0. The first kappa shape index (κ1) is 20.9. The van der Waals surface area contributed by atoms with Crippen LogP contribution in [-0.2, 0) is 19.1 Å². The molecule has 2 N–H and O–H groups in total. The van der Waals surface area contributed by atoms with Gasteiger partial charge in [0.25, 0.3) is 0 Å². The number of esters is 1.